The van der Waals surface area contributed by atoms with Gasteiger partial charge in [-0.25, -0.2) is 19.2 Å². The molecule has 0 radical (unpaired) electrons. The summed E-state index contributed by atoms with van der Waals surface area (Å²) in [6.45, 7) is 15.1. The first-order valence-electron chi connectivity index (χ1n) is 22.3. The van der Waals surface area contributed by atoms with E-state index >= 15 is 0 Å². The van der Waals surface area contributed by atoms with Crippen molar-refractivity contribution in [3.8, 4) is 0 Å². The van der Waals surface area contributed by atoms with Crippen molar-refractivity contribution < 1.29 is 57.3 Å². The lowest BCUT2D eigenvalue weighted by molar-refractivity contribution is -0.144. The molecule has 0 fully saturated rings. The number of aryl methyl sites for hydroxylation is 1. The van der Waals surface area contributed by atoms with Crippen LogP contribution < -0.4 is 21.3 Å². The molecule has 368 valence electrons. The minimum absolute atomic E-state index is 0.00824. The van der Waals surface area contributed by atoms with Crippen LogP contribution in [-0.4, -0.2) is 80.0 Å². The first-order chi connectivity index (χ1) is 33.8. The van der Waals surface area contributed by atoms with Gasteiger partial charge in [0.1, 0.15) is 12.2 Å². The molecule has 0 aliphatic rings. The van der Waals surface area contributed by atoms with Crippen LogP contribution in [0.5, 0.6) is 0 Å². The van der Waals surface area contributed by atoms with Gasteiger partial charge < -0.3 is 40.2 Å². The number of hydrogen-bond acceptors (Lipinski definition) is 13. The highest BCUT2D eigenvalue weighted by Crippen LogP contribution is 2.32. The zero-order valence-corrected chi connectivity index (χ0v) is 40.9. The van der Waals surface area contributed by atoms with E-state index in [1.165, 1.54) is 51.2 Å². The molecule has 2 unspecified atom stereocenters. The maximum absolute atomic E-state index is 14.2. The van der Waals surface area contributed by atoms with Crippen molar-refractivity contribution in [1.29, 1.82) is 0 Å². The van der Waals surface area contributed by atoms with Crippen LogP contribution in [0.3, 0.4) is 0 Å². The predicted molar refractivity (Wildman–Crippen MR) is 269 cm³/mol. The highest BCUT2D eigenvalue weighted by Gasteiger charge is 2.23. The van der Waals surface area contributed by atoms with Crippen molar-refractivity contribution in [3.63, 3.8) is 0 Å². The van der Waals surface area contributed by atoms with Crippen LogP contribution in [0.25, 0.3) is 0 Å². The van der Waals surface area contributed by atoms with E-state index in [2.05, 4.69) is 34.4 Å². The summed E-state index contributed by atoms with van der Waals surface area (Å²) in [7, 11) is 1.41. The average Bonchev–Trinajstić information content (AvgIpc) is 3.34. The molecule has 0 bridgehead atoms. The van der Waals surface area contributed by atoms with Gasteiger partial charge in [-0.05, 0) is 126 Å². The summed E-state index contributed by atoms with van der Waals surface area (Å²) in [5.74, 6) is -4.84. The molecule has 0 saturated heterocycles. The van der Waals surface area contributed by atoms with Crippen molar-refractivity contribution >= 4 is 76.3 Å². The van der Waals surface area contributed by atoms with Crippen LogP contribution in [0.4, 0.5) is 17.1 Å². The van der Waals surface area contributed by atoms with Crippen molar-refractivity contribution in [2.45, 2.75) is 69.5 Å². The number of amides is 4. The maximum atomic E-state index is 14.2. The van der Waals surface area contributed by atoms with Gasteiger partial charge in [-0.1, -0.05) is 48.7 Å². The molecule has 4 N–H and O–H groups in total. The fraction of sp³-hybridized carbons (Fsp3) is 0.222. The van der Waals surface area contributed by atoms with Gasteiger partial charge in [0.25, 0.3) is 23.6 Å². The monoisotopic (exact) mass is 982 g/mol. The summed E-state index contributed by atoms with van der Waals surface area (Å²) in [6, 6.07) is 28.9. The predicted octanol–water partition coefficient (Wildman–Crippen LogP) is 9.37. The van der Waals surface area contributed by atoms with Crippen LogP contribution in [0.1, 0.15) is 108 Å². The Bertz CT molecular complexity index is 2880. The van der Waals surface area contributed by atoms with E-state index in [0.29, 0.717) is 26.7 Å². The molecule has 16 nitrogen and oxygen atoms in total. The van der Waals surface area contributed by atoms with E-state index < -0.39 is 53.8 Å². The third-order valence-electron chi connectivity index (χ3n) is 10.3. The molecule has 0 aliphatic heterocycles. The maximum Gasteiger partial charge on any atom is 0.338 e. The van der Waals surface area contributed by atoms with E-state index in [4.69, 9.17) is 18.9 Å². The first kappa shape index (κ1) is 53.6. The Hall–Kier alpha value is -8.31. The second-order valence-electron chi connectivity index (χ2n) is 16.3. The fourth-order valence-corrected chi connectivity index (χ4v) is 7.32. The van der Waals surface area contributed by atoms with E-state index in [1.54, 1.807) is 86.6 Å². The van der Waals surface area contributed by atoms with Crippen LogP contribution in [0.15, 0.2) is 143 Å². The third kappa shape index (κ3) is 15.9. The molecule has 71 heavy (non-hydrogen) atoms. The van der Waals surface area contributed by atoms with Gasteiger partial charge in [0.15, 0.2) is 0 Å². The Morgan fingerprint density at radius 1 is 0.521 bits per heavy atom. The van der Waals surface area contributed by atoms with Crippen molar-refractivity contribution in [2.75, 3.05) is 36.2 Å². The largest absolute Gasteiger partial charge is 0.462 e. The Morgan fingerprint density at radius 2 is 0.958 bits per heavy atom. The number of anilines is 3. The molecule has 5 aromatic carbocycles. The normalized spacial score (nSPS) is 11.4. The smallest absolute Gasteiger partial charge is 0.338 e. The summed E-state index contributed by atoms with van der Waals surface area (Å²) in [4.78, 5) is 105. The molecule has 2 atom stereocenters. The highest BCUT2D eigenvalue weighted by molar-refractivity contribution is 7.99. The van der Waals surface area contributed by atoms with Gasteiger partial charge >= 0.3 is 23.9 Å². The highest BCUT2D eigenvalue weighted by atomic mass is 32.2. The minimum Gasteiger partial charge on any atom is -0.462 e. The zero-order chi connectivity index (χ0) is 51.8. The molecule has 0 aromatic heterocycles. The number of carbonyl (C=O) groups excluding carboxylic acids is 8. The number of rotatable bonds is 21. The van der Waals surface area contributed by atoms with Gasteiger partial charge in [-0.3, -0.25) is 19.2 Å². The summed E-state index contributed by atoms with van der Waals surface area (Å²) in [5, 5.41) is 10.9. The topological polar surface area (TPSA) is 222 Å². The molecule has 0 spiro atoms. The number of carbonyl (C=O) groups is 8. The van der Waals surface area contributed by atoms with Crippen LogP contribution in [0, 0.1) is 6.92 Å². The number of benzene rings is 5. The van der Waals surface area contributed by atoms with Gasteiger partial charge in [0.2, 0.25) is 0 Å². The second kappa shape index (κ2) is 25.3. The molecule has 0 saturated carbocycles. The van der Waals surface area contributed by atoms with Gasteiger partial charge in [0, 0.05) is 69.0 Å². The summed E-state index contributed by atoms with van der Waals surface area (Å²) in [5.41, 5.74) is 3.09. The number of hydrogen-bond donors (Lipinski definition) is 4. The van der Waals surface area contributed by atoms with Gasteiger partial charge in [-0.2, -0.15) is 0 Å². The molecule has 5 rings (SSSR count). The van der Waals surface area contributed by atoms with Crippen molar-refractivity contribution in [3.05, 3.63) is 172 Å². The lowest BCUT2D eigenvalue weighted by atomic mass is 10.1. The Kier molecular flexibility index (Phi) is 19.1. The number of ether oxygens (including phenoxy) is 4. The van der Waals surface area contributed by atoms with E-state index in [-0.39, 0.29) is 76.6 Å². The molecule has 0 aliphatic carbocycles. The molecule has 17 heteroatoms. The Morgan fingerprint density at radius 3 is 1.41 bits per heavy atom. The molecule has 5 aromatic rings. The van der Waals surface area contributed by atoms with E-state index in [9.17, 15) is 38.4 Å². The fourth-order valence-electron chi connectivity index (χ4n) is 6.42. The van der Waals surface area contributed by atoms with Gasteiger partial charge in [-0.15, -0.1) is 0 Å². The summed E-state index contributed by atoms with van der Waals surface area (Å²) >= 11 is 1.13. The van der Waals surface area contributed by atoms with Gasteiger partial charge in [0.05, 0.1) is 35.5 Å². The molecule has 4 amide bonds. The third-order valence-corrected chi connectivity index (χ3v) is 11.2. The van der Waals surface area contributed by atoms with Crippen molar-refractivity contribution in [1.82, 2.24) is 5.32 Å². The number of esters is 4. The first-order valence-corrected chi connectivity index (χ1v) is 23.1. The lowest BCUT2D eigenvalue weighted by Gasteiger charge is -2.15. The van der Waals surface area contributed by atoms with Crippen LogP contribution >= 0.6 is 11.8 Å². The SMILES string of the molecule is C=C(C)C(=O)OC(C)CCOC(=O)c1ccc(Sc2ccc(C(=O)OCCC(C)OC(=O)C(=C)C)c(C(=O)Nc3cccc(C(=O)Nc4ccc(NC(=O)c5cccc(C)c5)cc4)c3)c2)cc1C(=O)NC. The minimum atomic E-state index is -0.841. The second-order valence-corrected chi connectivity index (χ2v) is 17.5. The summed E-state index contributed by atoms with van der Waals surface area (Å²) < 4.78 is 21.5. The van der Waals surface area contributed by atoms with Crippen LogP contribution in [-0.2, 0) is 28.5 Å². The molecular formula is C54H54N4O12S. The van der Waals surface area contributed by atoms with E-state index in [1.807, 2.05) is 13.0 Å². The quantitative estimate of drug-likeness (QED) is 0.0306. The van der Waals surface area contributed by atoms with Crippen LogP contribution in [0.2, 0.25) is 0 Å². The Balaban J connectivity index is 1.33. The standard InChI is InChI=1S/C54H54N4O12S/c1-31(2)51(63)69-34(6)23-25-67-53(65)43-21-19-41(29-45(43)49(61)55-8)71-42-20-22-44(54(66)68-26-24-35(7)70-52(64)32(3)4)46(30-42)50(62)58-40-14-10-13-37(28-40)48(60)57-39-17-15-38(16-18-39)56-47(59)36-12-9-11-33(5)27-36/h9-22,27-30,34-35H,1,3,23-26H2,2,4-8H3,(H,55,61)(H,56,59)(H,57,60)(H,58,62). The van der Waals surface area contributed by atoms with Crippen molar-refractivity contribution in [2.24, 2.45) is 0 Å². The lowest BCUT2D eigenvalue weighted by Crippen LogP contribution is -2.23. The average molecular weight is 983 g/mol. The Labute approximate surface area is 415 Å². The van der Waals surface area contributed by atoms with E-state index in [0.717, 1.165) is 17.3 Å². The molecular weight excluding hydrogens is 929 g/mol. The molecule has 0 heterocycles. The summed E-state index contributed by atoms with van der Waals surface area (Å²) in [6.07, 6.45) is -0.810. The number of nitrogens with one attached hydrogen (secondary N) is 4. The zero-order valence-electron chi connectivity index (χ0n) is 40.1.